The van der Waals surface area contributed by atoms with Gasteiger partial charge in [-0.25, -0.2) is 25.3 Å². The summed E-state index contributed by atoms with van der Waals surface area (Å²) in [6, 6.07) is 28.2. The second-order valence-corrected chi connectivity index (χ2v) is 12.5. The standard InChI is InChI=1S/3C7H8O3S.C7H8.C2H6/c2*1-6-3-2-4-7(5-6)11(8,9)10;1-6-4-2-3-5-7(6)11(8,9)10;1-7-5-3-2-4-6-7;1-2/h3*2-5H,1H3,(H,8,9,10);2-6H,1H3;1-2H3/p-3. The van der Waals surface area contributed by atoms with E-state index in [0.717, 1.165) is 11.1 Å². The monoisotopic (exact) mass is 635 g/mol. The first-order chi connectivity index (χ1) is 19.4. The molecule has 4 aromatic rings. The normalized spacial score (nSPS) is 10.6. The van der Waals surface area contributed by atoms with Crippen molar-refractivity contribution in [2.45, 2.75) is 56.2 Å². The Balaban J connectivity index is 0.000000529. The molecule has 4 aromatic carbocycles. The Morgan fingerprint density at radius 1 is 0.429 bits per heavy atom. The van der Waals surface area contributed by atoms with Crippen LogP contribution in [-0.2, 0) is 30.4 Å². The Hall–Kier alpha value is -3.39. The van der Waals surface area contributed by atoms with Gasteiger partial charge in [-0.2, -0.15) is 0 Å². The van der Waals surface area contributed by atoms with Crippen molar-refractivity contribution in [3.63, 3.8) is 0 Å². The van der Waals surface area contributed by atoms with Gasteiger partial charge in [0, 0.05) is 0 Å². The molecular formula is C30H35O9S3-3. The molecule has 0 spiro atoms. The maximum Gasteiger partial charge on any atom is 0.124 e. The molecule has 0 heterocycles. The van der Waals surface area contributed by atoms with E-state index in [4.69, 9.17) is 0 Å². The summed E-state index contributed by atoms with van der Waals surface area (Å²) in [7, 11) is -12.8. The lowest BCUT2D eigenvalue weighted by molar-refractivity contribution is 0.460. The molecule has 0 aliphatic heterocycles. The fourth-order valence-corrected chi connectivity index (χ4v) is 4.77. The molecule has 0 bridgehead atoms. The van der Waals surface area contributed by atoms with Crippen LogP contribution >= 0.6 is 0 Å². The summed E-state index contributed by atoms with van der Waals surface area (Å²) < 4.78 is 94.1. The molecular weight excluding hydrogens is 601 g/mol. The molecule has 12 heteroatoms. The van der Waals surface area contributed by atoms with Crippen LogP contribution < -0.4 is 0 Å². The van der Waals surface area contributed by atoms with E-state index in [9.17, 15) is 38.9 Å². The highest BCUT2D eigenvalue weighted by Gasteiger charge is 2.02. The van der Waals surface area contributed by atoms with Gasteiger partial charge in [0.2, 0.25) is 0 Å². The van der Waals surface area contributed by atoms with E-state index in [0.29, 0.717) is 5.56 Å². The number of hydrogen-bond donors (Lipinski definition) is 0. The van der Waals surface area contributed by atoms with Crippen LogP contribution in [-0.4, -0.2) is 38.9 Å². The highest BCUT2D eigenvalue weighted by molar-refractivity contribution is 7.86. The van der Waals surface area contributed by atoms with Crippen molar-refractivity contribution in [2.24, 2.45) is 0 Å². The van der Waals surface area contributed by atoms with E-state index in [2.05, 4.69) is 19.1 Å². The minimum absolute atomic E-state index is 0.139. The average Bonchev–Trinajstić information content (AvgIpc) is 2.90. The Morgan fingerprint density at radius 3 is 1.02 bits per heavy atom. The fraction of sp³-hybridized carbons (Fsp3) is 0.200. The molecule has 0 N–H and O–H groups in total. The lowest BCUT2D eigenvalue weighted by Gasteiger charge is -2.08. The first-order valence-corrected chi connectivity index (χ1v) is 16.7. The summed E-state index contributed by atoms with van der Waals surface area (Å²) in [5.74, 6) is 0. The summed E-state index contributed by atoms with van der Waals surface area (Å²) in [6.07, 6.45) is 0. The molecule has 0 aliphatic carbocycles. The van der Waals surface area contributed by atoms with Crippen LogP contribution in [0.15, 0.2) is 118 Å². The van der Waals surface area contributed by atoms with Crippen molar-refractivity contribution in [3.8, 4) is 0 Å². The van der Waals surface area contributed by atoms with E-state index >= 15 is 0 Å². The lowest BCUT2D eigenvalue weighted by Crippen LogP contribution is -2.00. The molecule has 0 unspecified atom stereocenters. The van der Waals surface area contributed by atoms with E-state index in [1.165, 1.54) is 42.0 Å². The molecule has 4 rings (SSSR count). The first kappa shape index (κ1) is 38.6. The first-order valence-electron chi connectivity index (χ1n) is 12.5. The van der Waals surface area contributed by atoms with Crippen molar-refractivity contribution >= 4 is 30.4 Å². The van der Waals surface area contributed by atoms with Gasteiger partial charge in [0.05, 0.1) is 14.7 Å². The smallest absolute Gasteiger partial charge is 0.124 e. The van der Waals surface area contributed by atoms with Crippen LogP contribution in [0.4, 0.5) is 0 Å². The summed E-state index contributed by atoms with van der Waals surface area (Å²) >= 11 is 0. The lowest BCUT2D eigenvalue weighted by atomic mass is 10.2. The van der Waals surface area contributed by atoms with E-state index in [1.807, 2.05) is 32.0 Å². The van der Waals surface area contributed by atoms with Gasteiger partial charge in [0.1, 0.15) is 30.4 Å². The van der Waals surface area contributed by atoms with Crippen LogP contribution in [0.5, 0.6) is 0 Å². The van der Waals surface area contributed by atoms with E-state index in [1.54, 1.807) is 57.2 Å². The number of rotatable bonds is 3. The van der Waals surface area contributed by atoms with Crippen molar-refractivity contribution in [3.05, 3.63) is 125 Å². The molecule has 0 saturated heterocycles. The number of hydrogen-bond acceptors (Lipinski definition) is 9. The van der Waals surface area contributed by atoms with Gasteiger partial charge in [0.15, 0.2) is 0 Å². The highest BCUT2D eigenvalue weighted by atomic mass is 32.2. The van der Waals surface area contributed by atoms with Crippen molar-refractivity contribution in [2.75, 3.05) is 0 Å². The van der Waals surface area contributed by atoms with Crippen LogP contribution in [0.25, 0.3) is 0 Å². The average molecular weight is 636 g/mol. The van der Waals surface area contributed by atoms with Gasteiger partial charge in [0.25, 0.3) is 0 Å². The second-order valence-electron chi connectivity index (χ2n) is 8.42. The van der Waals surface area contributed by atoms with Crippen molar-refractivity contribution in [1.29, 1.82) is 0 Å². The third kappa shape index (κ3) is 16.2. The van der Waals surface area contributed by atoms with Gasteiger partial charge < -0.3 is 13.7 Å². The Morgan fingerprint density at radius 2 is 0.786 bits per heavy atom. The second kappa shape index (κ2) is 18.2. The minimum Gasteiger partial charge on any atom is -0.744 e. The van der Waals surface area contributed by atoms with Crippen molar-refractivity contribution in [1.82, 2.24) is 0 Å². The van der Waals surface area contributed by atoms with Gasteiger partial charge in [-0.3, -0.25) is 0 Å². The summed E-state index contributed by atoms with van der Waals surface area (Å²) in [4.78, 5) is -0.477. The summed E-state index contributed by atoms with van der Waals surface area (Å²) in [6.45, 7) is 11.1. The van der Waals surface area contributed by atoms with E-state index in [-0.39, 0.29) is 14.7 Å². The third-order valence-corrected chi connectivity index (χ3v) is 7.52. The zero-order valence-corrected chi connectivity index (χ0v) is 26.7. The Kier molecular flexibility index (Phi) is 16.7. The van der Waals surface area contributed by atoms with Gasteiger partial charge in [-0.15, -0.1) is 0 Å². The van der Waals surface area contributed by atoms with Gasteiger partial charge in [-0.1, -0.05) is 92.2 Å². The van der Waals surface area contributed by atoms with Crippen LogP contribution in [0.3, 0.4) is 0 Å². The quantitative estimate of drug-likeness (QED) is 0.255. The predicted octanol–water partition coefficient (Wildman–Crippen LogP) is 5.72. The SMILES string of the molecule is CC.Cc1cccc(S(=O)(=O)[O-])c1.Cc1cccc(S(=O)(=O)[O-])c1.Cc1ccccc1.Cc1ccccc1S(=O)(=O)[O-]. The molecule has 0 radical (unpaired) electrons. The van der Waals surface area contributed by atoms with Gasteiger partial charge in [-0.05, 0) is 74.7 Å². The zero-order chi connectivity index (χ0) is 32.6. The molecule has 0 aliphatic rings. The summed E-state index contributed by atoms with van der Waals surface area (Å²) in [5.41, 5.74) is 3.34. The topological polar surface area (TPSA) is 172 Å². The molecule has 0 aromatic heterocycles. The predicted molar refractivity (Wildman–Crippen MR) is 160 cm³/mol. The van der Waals surface area contributed by atoms with Crippen LogP contribution in [0.2, 0.25) is 0 Å². The van der Waals surface area contributed by atoms with Crippen LogP contribution in [0, 0.1) is 27.7 Å². The van der Waals surface area contributed by atoms with Crippen molar-refractivity contribution < 1.29 is 38.9 Å². The Labute approximate surface area is 250 Å². The Bertz CT molecular complexity index is 1630. The molecule has 0 saturated carbocycles. The fourth-order valence-electron chi connectivity index (χ4n) is 2.91. The molecule has 0 atom stereocenters. The number of benzene rings is 4. The molecule has 0 amide bonds. The number of aryl methyl sites for hydroxylation is 4. The molecule has 0 fully saturated rings. The molecule has 230 valence electrons. The van der Waals surface area contributed by atoms with Crippen LogP contribution in [0.1, 0.15) is 36.1 Å². The van der Waals surface area contributed by atoms with E-state index < -0.39 is 30.4 Å². The summed E-state index contributed by atoms with van der Waals surface area (Å²) in [5, 5.41) is 0. The maximum atomic E-state index is 10.5. The molecule has 42 heavy (non-hydrogen) atoms. The zero-order valence-electron chi connectivity index (χ0n) is 24.2. The van der Waals surface area contributed by atoms with Gasteiger partial charge >= 0.3 is 0 Å². The largest absolute Gasteiger partial charge is 0.744 e. The molecule has 9 nitrogen and oxygen atoms in total. The highest BCUT2D eigenvalue weighted by Crippen LogP contribution is 2.13. The third-order valence-electron chi connectivity index (χ3n) is 4.86. The minimum atomic E-state index is -4.28. The maximum absolute atomic E-state index is 10.5.